The number of hydrogen-bond donors (Lipinski definition) is 1. The van der Waals surface area contributed by atoms with Gasteiger partial charge in [-0.25, -0.2) is 0 Å². The van der Waals surface area contributed by atoms with Crippen molar-refractivity contribution in [2.75, 3.05) is 5.73 Å². The molecule has 3 nitrogen and oxygen atoms in total. The molecular weight excluding hydrogens is 212 g/mol. The number of hydrogen-bond acceptors (Lipinski definition) is 3. The van der Waals surface area contributed by atoms with Crippen molar-refractivity contribution >= 4 is 5.69 Å². The van der Waals surface area contributed by atoms with E-state index in [0.717, 1.165) is 12.4 Å². The number of rotatable bonds is 0. The first kappa shape index (κ1) is 11.0. The van der Waals surface area contributed by atoms with Crippen molar-refractivity contribution in [3.63, 3.8) is 0 Å². The van der Waals surface area contributed by atoms with Crippen molar-refractivity contribution in [2.45, 2.75) is 6.61 Å². The molecule has 0 atom stereocenters. The molecule has 2 N–H and O–H groups in total. The molecule has 0 spiro atoms. The Bertz CT molecular complexity index is 539. The SMILES string of the molecule is N#Cc1cccc(N)c1.c1cc2cc(c1)OC2. The van der Waals surface area contributed by atoms with E-state index >= 15 is 0 Å². The van der Waals surface area contributed by atoms with Gasteiger partial charge in [0.2, 0.25) is 0 Å². The summed E-state index contributed by atoms with van der Waals surface area (Å²) in [5.74, 6) is 1.00. The zero-order chi connectivity index (χ0) is 12.1. The first-order valence-electron chi connectivity index (χ1n) is 5.25. The summed E-state index contributed by atoms with van der Waals surface area (Å²) >= 11 is 0. The van der Waals surface area contributed by atoms with E-state index in [1.807, 2.05) is 18.2 Å². The number of anilines is 1. The monoisotopic (exact) mass is 224 g/mol. The fourth-order valence-electron chi connectivity index (χ4n) is 1.50. The summed E-state index contributed by atoms with van der Waals surface area (Å²) in [6.45, 7) is 0.766. The Morgan fingerprint density at radius 3 is 2.53 bits per heavy atom. The average Bonchev–Trinajstić information content (AvgIpc) is 2.69. The first-order chi connectivity index (χ1) is 8.28. The van der Waals surface area contributed by atoms with Crippen LogP contribution in [0.4, 0.5) is 5.69 Å². The number of benzene rings is 2. The minimum Gasteiger partial charge on any atom is -0.489 e. The minimum absolute atomic E-state index is 0.606. The lowest BCUT2D eigenvalue weighted by molar-refractivity contribution is 0.328. The van der Waals surface area contributed by atoms with Crippen LogP contribution in [0.2, 0.25) is 0 Å². The molecule has 0 unspecified atom stereocenters. The van der Waals surface area contributed by atoms with Crippen molar-refractivity contribution in [3.8, 4) is 11.8 Å². The normalized spacial score (nSPS) is 10.8. The quantitative estimate of drug-likeness (QED) is 0.700. The van der Waals surface area contributed by atoms with Gasteiger partial charge in [-0.05, 0) is 35.9 Å². The van der Waals surface area contributed by atoms with E-state index in [9.17, 15) is 0 Å². The predicted octanol–water partition coefficient (Wildman–Crippen LogP) is 2.72. The van der Waals surface area contributed by atoms with Crippen molar-refractivity contribution in [3.05, 3.63) is 59.7 Å². The van der Waals surface area contributed by atoms with E-state index in [1.54, 1.807) is 24.3 Å². The van der Waals surface area contributed by atoms with E-state index in [0.29, 0.717) is 11.3 Å². The maximum absolute atomic E-state index is 8.36. The van der Waals surface area contributed by atoms with Crippen LogP contribution in [0.1, 0.15) is 11.1 Å². The topological polar surface area (TPSA) is 59.0 Å². The lowest BCUT2D eigenvalue weighted by Crippen LogP contribution is -1.83. The smallest absolute Gasteiger partial charge is 0.120 e. The molecule has 0 aliphatic carbocycles. The third-order valence-electron chi connectivity index (χ3n) is 2.32. The van der Waals surface area contributed by atoms with Gasteiger partial charge < -0.3 is 10.5 Å². The molecule has 1 heterocycles. The Morgan fingerprint density at radius 2 is 1.94 bits per heavy atom. The van der Waals surface area contributed by atoms with Crippen LogP contribution in [0, 0.1) is 11.3 Å². The molecule has 0 saturated carbocycles. The Hall–Kier alpha value is -2.47. The first-order valence-corrected chi connectivity index (χ1v) is 5.25. The number of ether oxygens (including phenoxy) is 1. The van der Waals surface area contributed by atoms with E-state index < -0.39 is 0 Å². The molecule has 0 saturated heterocycles. The van der Waals surface area contributed by atoms with Gasteiger partial charge in [0.25, 0.3) is 0 Å². The molecule has 3 rings (SSSR count). The van der Waals surface area contributed by atoms with E-state index in [-0.39, 0.29) is 0 Å². The van der Waals surface area contributed by atoms with Crippen molar-refractivity contribution in [2.24, 2.45) is 0 Å². The number of nitrogens with two attached hydrogens (primary N) is 1. The van der Waals surface area contributed by atoms with Crippen molar-refractivity contribution in [1.82, 2.24) is 0 Å². The second-order valence-electron chi connectivity index (χ2n) is 3.67. The largest absolute Gasteiger partial charge is 0.489 e. The van der Waals surface area contributed by atoms with Crippen LogP contribution in [-0.4, -0.2) is 0 Å². The zero-order valence-corrected chi connectivity index (χ0v) is 9.26. The highest BCUT2D eigenvalue weighted by Crippen LogP contribution is 2.20. The summed E-state index contributed by atoms with van der Waals surface area (Å²) in [6, 6.07) is 17.0. The lowest BCUT2D eigenvalue weighted by atomic mass is 10.2. The second kappa shape index (κ2) is 5.04. The highest BCUT2D eigenvalue weighted by molar-refractivity contribution is 5.44. The molecule has 0 fully saturated rings. The van der Waals surface area contributed by atoms with Crippen molar-refractivity contribution < 1.29 is 4.74 Å². The second-order valence-corrected chi connectivity index (χ2v) is 3.67. The van der Waals surface area contributed by atoms with Gasteiger partial charge in [0.15, 0.2) is 0 Å². The highest BCUT2D eigenvalue weighted by atomic mass is 16.5. The minimum atomic E-state index is 0.606. The van der Waals surface area contributed by atoms with Crippen LogP contribution in [0.15, 0.2) is 48.5 Å². The fourth-order valence-corrected chi connectivity index (χ4v) is 1.50. The molecular formula is C14H12N2O. The molecule has 17 heavy (non-hydrogen) atoms. The predicted molar refractivity (Wildman–Crippen MR) is 66.3 cm³/mol. The summed E-state index contributed by atoms with van der Waals surface area (Å²) in [4.78, 5) is 0. The lowest BCUT2D eigenvalue weighted by Gasteiger charge is -1.89. The molecule has 2 bridgehead atoms. The van der Waals surface area contributed by atoms with Gasteiger partial charge in [0.05, 0.1) is 11.6 Å². The number of fused-ring (bicyclic) bond motifs is 2. The molecule has 0 aromatic heterocycles. The Morgan fingerprint density at radius 1 is 1.12 bits per heavy atom. The van der Waals surface area contributed by atoms with Gasteiger partial charge in [-0.3, -0.25) is 0 Å². The molecule has 2 aromatic rings. The van der Waals surface area contributed by atoms with Gasteiger partial charge in [-0.15, -0.1) is 0 Å². The Kier molecular flexibility index (Phi) is 3.27. The standard InChI is InChI=1S/C7H6N2.C7H6O/c8-5-6-2-1-3-7(9)4-6;1-2-6-4-7(3-1)8-5-6/h1-4H,9H2;1-4H,5H2. The van der Waals surface area contributed by atoms with Crippen LogP contribution in [-0.2, 0) is 6.61 Å². The van der Waals surface area contributed by atoms with Crippen LogP contribution < -0.4 is 10.5 Å². The molecule has 84 valence electrons. The third-order valence-corrected chi connectivity index (χ3v) is 2.32. The van der Waals surface area contributed by atoms with Crippen LogP contribution in [0.25, 0.3) is 0 Å². The van der Waals surface area contributed by atoms with Crippen molar-refractivity contribution in [1.29, 1.82) is 5.26 Å². The van der Waals surface area contributed by atoms with E-state index in [4.69, 9.17) is 15.7 Å². The Balaban J connectivity index is 0.000000127. The molecule has 3 heteroatoms. The molecule has 1 aliphatic heterocycles. The van der Waals surface area contributed by atoms with Gasteiger partial charge in [0.1, 0.15) is 12.4 Å². The zero-order valence-electron chi connectivity index (χ0n) is 9.26. The van der Waals surface area contributed by atoms with E-state index in [2.05, 4.69) is 12.1 Å². The number of nitrogen functional groups attached to an aromatic ring is 1. The Labute approximate surface area is 100 Å². The fraction of sp³-hybridized carbons (Fsp3) is 0.0714. The summed E-state index contributed by atoms with van der Waals surface area (Å²) in [5.41, 5.74) is 7.90. The number of nitrogens with zero attached hydrogens (tertiary/aromatic N) is 1. The van der Waals surface area contributed by atoms with Gasteiger partial charge in [-0.1, -0.05) is 18.2 Å². The molecule has 0 amide bonds. The number of nitriles is 1. The maximum atomic E-state index is 8.36. The molecule has 2 aromatic carbocycles. The molecule has 0 radical (unpaired) electrons. The van der Waals surface area contributed by atoms with Gasteiger partial charge in [-0.2, -0.15) is 5.26 Å². The maximum Gasteiger partial charge on any atom is 0.120 e. The third kappa shape index (κ3) is 2.99. The molecule has 1 aliphatic rings. The average molecular weight is 224 g/mol. The highest BCUT2D eigenvalue weighted by Gasteiger charge is 2.03. The van der Waals surface area contributed by atoms with Crippen LogP contribution >= 0.6 is 0 Å². The van der Waals surface area contributed by atoms with Gasteiger partial charge in [0, 0.05) is 5.69 Å². The van der Waals surface area contributed by atoms with E-state index in [1.165, 1.54) is 5.56 Å². The van der Waals surface area contributed by atoms with Gasteiger partial charge >= 0.3 is 0 Å². The van der Waals surface area contributed by atoms with Crippen LogP contribution in [0.5, 0.6) is 5.75 Å². The van der Waals surface area contributed by atoms with Crippen LogP contribution in [0.3, 0.4) is 0 Å². The summed E-state index contributed by atoms with van der Waals surface area (Å²) in [6.07, 6.45) is 0. The summed E-state index contributed by atoms with van der Waals surface area (Å²) in [7, 11) is 0. The summed E-state index contributed by atoms with van der Waals surface area (Å²) in [5, 5.41) is 8.36. The summed E-state index contributed by atoms with van der Waals surface area (Å²) < 4.78 is 5.18.